The van der Waals surface area contributed by atoms with E-state index < -0.39 is 0 Å². The molecule has 5 heteroatoms. The number of rotatable bonds is 6. The van der Waals surface area contributed by atoms with E-state index in [4.69, 9.17) is 14.2 Å². The maximum absolute atomic E-state index is 12.6. The van der Waals surface area contributed by atoms with E-state index in [1.54, 1.807) is 0 Å². The van der Waals surface area contributed by atoms with Gasteiger partial charge in [-0.25, -0.2) is 0 Å². The monoisotopic (exact) mass is 393 g/mol. The van der Waals surface area contributed by atoms with Gasteiger partial charge in [-0.1, -0.05) is 12.1 Å². The lowest BCUT2D eigenvalue weighted by Crippen LogP contribution is -2.21. The Morgan fingerprint density at radius 1 is 1.03 bits per heavy atom. The summed E-state index contributed by atoms with van der Waals surface area (Å²) in [5.74, 6) is 2.09. The van der Waals surface area contributed by atoms with Crippen LogP contribution in [0.5, 0.6) is 11.5 Å². The number of aromatic nitrogens is 1. The smallest absolute Gasteiger partial charge is 0.192 e. The van der Waals surface area contributed by atoms with Gasteiger partial charge in [0.2, 0.25) is 0 Å². The van der Waals surface area contributed by atoms with Crippen LogP contribution in [0.25, 0.3) is 10.9 Å². The number of hydrogen-bond donors (Lipinski definition) is 1. The van der Waals surface area contributed by atoms with Crippen LogP contribution >= 0.6 is 0 Å². The van der Waals surface area contributed by atoms with Crippen LogP contribution in [0.2, 0.25) is 0 Å². The van der Waals surface area contributed by atoms with E-state index in [9.17, 15) is 4.79 Å². The van der Waals surface area contributed by atoms with Crippen molar-refractivity contribution in [2.45, 2.75) is 33.3 Å². The van der Waals surface area contributed by atoms with Crippen molar-refractivity contribution in [2.24, 2.45) is 5.92 Å². The molecule has 2 aromatic carbocycles. The number of aryl methyl sites for hydroxylation is 1. The molecule has 5 nitrogen and oxygen atoms in total. The first-order valence-corrected chi connectivity index (χ1v) is 10.2. The second-order valence-electron chi connectivity index (χ2n) is 7.74. The van der Waals surface area contributed by atoms with Crippen molar-refractivity contribution < 1.29 is 14.2 Å². The maximum atomic E-state index is 12.6. The van der Waals surface area contributed by atoms with E-state index in [2.05, 4.69) is 4.98 Å². The summed E-state index contributed by atoms with van der Waals surface area (Å²) < 4.78 is 17.5. The number of para-hydroxylation sites is 1. The Bertz CT molecular complexity index is 1050. The topological polar surface area (TPSA) is 60.6 Å². The molecule has 0 spiro atoms. The van der Waals surface area contributed by atoms with Crippen LogP contribution in [0.1, 0.15) is 29.7 Å². The number of H-pyrrole nitrogens is 1. The number of aromatic amines is 1. The van der Waals surface area contributed by atoms with Gasteiger partial charge >= 0.3 is 0 Å². The standard InChI is InChI=1S/C24H27NO4/c1-16-11-19(28-14-18-7-9-27-10-8-18)13-20(12-16)29-15-23-17(2)24(26)21-5-3-4-6-22(21)25-23/h3-6,11-13,18H,7-10,14-15H2,1-2H3,(H,25,26). The van der Waals surface area contributed by atoms with E-state index in [0.717, 1.165) is 54.3 Å². The van der Waals surface area contributed by atoms with Gasteiger partial charge in [-0.15, -0.1) is 0 Å². The van der Waals surface area contributed by atoms with Gasteiger partial charge in [0.05, 0.1) is 12.3 Å². The molecule has 0 saturated carbocycles. The predicted molar refractivity (Wildman–Crippen MR) is 114 cm³/mol. The molecular formula is C24H27NO4. The molecule has 1 aliphatic heterocycles. The molecule has 1 saturated heterocycles. The second kappa shape index (κ2) is 8.70. The first-order valence-electron chi connectivity index (χ1n) is 10.2. The van der Waals surface area contributed by atoms with Crippen molar-refractivity contribution in [1.82, 2.24) is 4.98 Å². The van der Waals surface area contributed by atoms with Gasteiger partial charge < -0.3 is 19.2 Å². The number of pyridine rings is 1. The van der Waals surface area contributed by atoms with E-state index >= 15 is 0 Å². The zero-order valence-corrected chi connectivity index (χ0v) is 17.0. The molecule has 1 aromatic heterocycles. The Hall–Kier alpha value is -2.79. The summed E-state index contributed by atoms with van der Waals surface area (Å²) in [5.41, 5.74) is 3.43. The minimum absolute atomic E-state index is 0.0441. The third kappa shape index (κ3) is 4.62. The van der Waals surface area contributed by atoms with Crippen molar-refractivity contribution in [3.63, 3.8) is 0 Å². The van der Waals surface area contributed by atoms with Crippen LogP contribution < -0.4 is 14.9 Å². The minimum atomic E-state index is 0.0441. The van der Waals surface area contributed by atoms with Crippen LogP contribution in [0.4, 0.5) is 0 Å². The quantitative estimate of drug-likeness (QED) is 0.668. The van der Waals surface area contributed by atoms with E-state index in [-0.39, 0.29) is 5.43 Å². The van der Waals surface area contributed by atoms with Crippen molar-refractivity contribution in [3.8, 4) is 11.5 Å². The lowest BCUT2D eigenvalue weighted by Gasteiger charge is -2.22. The number of hydrogen-bond acceptors (Lipinski definition) is 4. The zero-order valence-electron chi connectivity index (χ0n) is 17.0. The molecule has 4 rings (SSSR count). The second-order valence-corrected chi connectivity index (χ2v) is 7.74. The maximum Gasteiger partial charge on any atom is 0.192 e. The van der Waals surface area contributed by atoms with Crippen molar-refractivity contribution in [1.29, 1.82) is 0 Å². The van der Waals surface area contributed by atoms with E-state index in [0.29, 0.717) is 30.1 Å². The van der Waals surface area contributed by atoms with Gasteiger partial charge in [-0.3, -0.25) is 4.79 Å². The third-order valence-electron chi connectivity index (χ3n) is 5.48. The molecule has 1 N–H and O–H groups in total. The van der Waals surface area contributed by atoms with Gasteiger partial charge in [-0.2, -0.15) is 0 Å². The van der Waals surface area contributed by atoms with Gasteiger partial charge in [-0.05, 0) is 62.4 Å². The number of nitrogens with one attached hydrogen (secondary N) is 1. The number of fused-ring (bicyclic) bond motifs is 1. The average Bonchev–Trinajstić information content (AvgIpc) is 2.74. The largest absolute Gasteiger partial charge is 0.493 e. The minimum Gasteiger partial charge on any atom is -0.493 e. The Labute approximate surface area is 170 Å². The Balaban J connectivity index is 1.47. The fourth-order valence-electron chi connectivity index (χ4n) is 3.69. The Morgan fingerprint density at radius 3 is 2.55 bits per heavy atom. The summed E-state index contributed by atoms with van der Waals surface area (Å²) >= 11 is 0. The number of ether oxygens (including phenoxy) is 3. The Morgan fingerprint density at radius 2 is 1.76 bits per heavy atom. The van der Waals surface area contributed by atoms with Crippen LogP contribution in [0.15, 0.2) is 47.3 Å². The van der Waals surface area contributed by atoms with Gasteiger partial charge in [0.25, 0.3) is 0 Å². The fourth-order valence-corrected chi connectivity index (χ4v) is 3.69. The van der Waals surface area contributed by atoms with Crippen molar-refractivity contribution in [3.05, 3.63) is 69.5 Å². The highest BCUT2D eigenvalue weighted by Gasteiger charge is 2.15. The normalized spacial score (nSPS) is 14.8. The third-order valence-corrected chi connectivity index (χ3v) is 5.48. The molecule has 0 atom stereocenters. The lowest BCUT2D eigenvalue weighted by molar-refractivity contribution is 0.0497. The summed E-state index contributed by atoms with van der Waals surface area (Å²) in [6, 6.07) is 13.5. The highest BCUT2D eigenvalue weighted by atomic mass is 16.5. The Kier molecular flexibility index (Phi) is 5.86. The van der Waals surface area contributed by atoms with E-state index in [1.807, 2.05) is 56.3 Å². The first kappa shape index (κ1) is 19.5. The predicted octanol–water partition coefficient (Wildman–Crippen LogP) is 4.53. The average molecular weight is 393 g/mol. The summed E-state index contributed by atoms with van der Waals surface area (Å²) in [6.45, 7) is 6.50. The highest BCUT2D eigenvalue weighted by Crippen LogP contribution is 2.25. The SMILES string of the molecule is Cc1cc(OCc2[nH]c3ccccc3c(=O)c2C)cc(OCC2CCOCC2)c1. The van der Waals surface area contributed by atoms with Crippen molar-refractivity contribution >= 4 is 10.9 Å². The molecule has 0 aliphatic carbocycles. The summed E-state index contributed by atoms with van der Waals surface area (Å²) in [5, 5.41) is 0.702. The molecule has 2 heterocycles. The van der Waals surface area contributed by atoms with Crippen LogP contribution in [0.3, 0.4) is 0 Å². The molecule has 3 aromatic rings. The molecule has 1 aliphatic rings. The van der Waals surface area contributed by atoms with Crippen LogP contribution in [0, 0.1) is 19.8 Å². The molecule has 0 bridgehead atoms. The van der Waals surface area contributed by atoms with Gasteiger partial charge in [0.1, 0.15) is 18.1 Å². The molecule has 1 fully saturated rings. The molecule has 152 valence electrons. The summed E-state index contributed by atoms with van der Waals surface area (Å²) in [7, 11) is 0. The molecule has 0 radical (unpaired) electrons. The summed E-state index contributed by atoms with van der Waals surface area (Å²) in [4.78, 5) is 15.9. The van der Waals surface area contributed by atoms with Crippen LogP contribution in [-0.4, -0.2) is 24.8 Å². The molecule has 0 unspecified atom stereocenters. The van der Waals surface area contributed by atoms with Crippen LogP contribution in [-0.2, 0) is 11.3 Å². The van der Waals surface area contributed by atoms with Gasteiger partial charge in [0, 0.05) is 35.7 Å². The highest BCUT2D eigenvalue weighted by molar-refractivity contribution is 5.79. The summed E-state index contributed by atoms with van der Waals surface area (Å²) in [6.07, 6.45) is 2.09. The zero-order chi connectivity index (χ0) is 20.2. The number of benzene rings is 2. The lowest BCUT2D eigenvalue weighted by atomic mass is 10.0. The van der Waals surface area contributed by atoms with E-state index in [1.165, 1.54) is 0 Å². The molecule has 29 heavy (non-hydrogen) atoms. The first-order chi connectivity index (χ1) is 14.1. The molecule has 0 amide bonds. The molecular weight excluding hydrogens is 366 g/mol. The van der Waals surface area contributed by atoms with Gasteiger partial charge in [0.15, 0.2) is 5.43 Å². The fraction of sp³-hybridized carbons (Fsp3) is 0.375. The van der Waals surface area contributed by atoms with Crippen molar-refractivity contribution in [2.75, 3.05) is 19.8 Å².